The van der Waals surface area contributed by atoms with E-state index >= 15 is 0 Å². The van der Waals surface area contributed by atoms with E-state index in [2.05, 4.69) is 64.1 Å². The van der Waals surface area contributed by atoms with Gasteiger partial charge in [-0.2, -0.15) is 0 Å². The van der Waals surface area contributed by atoms with Crippen LogP contribution in [0.2, 0.25) is 0 Å². The number of ketones is 1. The van der Waals surface area contributed by atoms with Crippen LogP contribution in [0.25, 0.3) is 10.9 Å². The molecule has 0 bridgehead atoms. The molecule has 1 amide bonds. The Kier molecular flexibility index (Phi) is 11.1. The van der Waals surface area contributed by atoms with Crippen LogP contribution < -0.4 is 10.6 Å². The molecule has 1 heterocycles. The van der Waals surface area contributed by atoms with Crippen molar-refractivity contribution >= 4 is 34.5 Å². The molecular formula is C53H75N3O6. The molecule has 0 radical (unpaired) electrons. The van der Waals surface area contributed by atoms with E-state index in [1.807, 2.05) is 58.0 Å². The van der Waals surface area contributed by atoms with Crippen molar-refractivity contribution in [1.29, 1.82) is 0 Å². The van der Waals surface area contributed by atoms with Crippen LogP contribution in [-0.2, 0) is 19.1 Å². The zero-order valence-electron chi connectivity index (χ0n) is 39.6. The number of esters is 1. The van der Waals surface area contributed by atoms with Crippen molar-refractivity contribution in [2.45, 2.75) is 158 Å². The highest BCUT2D eigenvalue weighted by Gasteiger charge is 2.70. The molecule has 3 N–H and O–H groups in total. The fourth-order valence-corrected chi connectivity index (χ4v) is 15.5. The van der Waals surface area contributed by atoms with Gasteiger partial charge in [0.1, 0.15) is 11.8 Å². The summed E-state index contributed by atoms with van der Waals surface area (Å²) >= 11 is 0. The zero-order valence-corrected chi connectivity index (χ0v) is 39.6. The van der Waals surface area contributed by atoms with E-state index in [-0.39, 0.29) is 56.9 Å². The van der Waals surface area contributed by atoms with Crippen molar-refractivity contribution in [2.24, 2.45) is 68.0 Å². The molecule has 0 spiro atoms. The second-order valence-corrected chi connectivity index (χ2v) is 23.9. The van der Waals surface area contributed by atoms with Crippen molar-refractivity contribution in [3.63, 3.8) is 0 Å². The van der Waals surface area contributed by atoms with Crippen LogP contribution >= 0.6 is 0 Å². The average molecular weight is 850 g/mol. The van der Waals surface area contributed by atoms with Gasteiger partial charge in [0.25, 0.3) is 5.91 Å². The van der Waals surface area contributed by atoms with Gasteiger partial charge in [-0.05, 0) is 148 Å². The van der Waals surface area contributed by atoms with Gasteiger partial charge in [-0.25, -0.2) is 4.98 Å². The predicted molar refractivity (Wildman–Crippen MR) is 243 cm³/mol. The molecule has 10 atom stereocenters. The number of fused-ring (bicyclic) bond motifs is 8. The highest BCUT2D eigenvalue weighted by molar-refractivity contribution is 6.00. The first-order valence-corrected chi connectivity index (χ1v) is 24.0. The first-order valence-electron chi connectivity index (χ1n) is 24.0. The number of carboxylic acid groups (broad SMARTS) is 1. The Hall–Kier alpha value is -3.59. The van der Waals surface area contributed by atoms with E-state index in [0.717, 1.165) is 80.8 Å². The number of hydrogen-bond acceptors (Lipinski definition) is 7. The Labute approximate surface area is 370 Å². The zero-order chi connectivity index (χ0) is 45.0. The summed E-state index contributed by atoms with van der Waals surface area (Å²) < 4.78 is 6.45. The molecule has 62 heavy (non-hydrogen) atoms. The summed E-state index contributed by atoms with van der Waals surface area (Å²) in [6.45, 7) is 26.2. The van der Waals surface area contributed by atoms with Gasteiger partial charge in [0.05, 0.1) is 17.4 Å². The van der Waals surface area contributed by atoms with E-state index in [9.17, 15) is 24.3 Å². The Balaban J connectivity index is 0.963. The van der Waals surface area contributed by atoms with E-state index in [0.29, 0.717) is 48.6 Å². The molecule has 6 aliphatic carbocycles. The minimum atomic E-state index is -0.826. The number of hydrogen-bond donors (Lipinski definition) is 3. The molecule has 5 fully saturated rings. The molecule has 0 aliphatic heterocycles. The number of benzene rings is 1. The first kappa shape index (κ1) is 45.0. The largest absolute Gasteiger partial charge is 0.481 e. The Bertz CT molecular complexity index is 2190. The molecule has 1 aromatic heterocycles. The third-order valence-corrected chi connectivity index (χ3v) is 19.3. The normalized spacial score (nSPS) is 37.1. The summed E-state index contributed by atoms with van der Waals surface area (Å²) in [4.78, 5) is 57.7. The number of rotatable bonds is 11. The molecule has 9 nitrogen and oxygen atoms in total. The highest BCUT2D eigenvalue weighted by Crippen LogP contribution is 2.77. The second kappa shape index (κ2) is 15.3. The van der Waals surface area contributed by atoms with Gasteiger partial charge in [0.15, 0.2) is 5.78 Å². The Morgan fingerprint density at radius 2 is 1.58 bits per heavy atom. The molecule has 8 rings (SSSR count). The van der Waals surface area contributed by atoms with Crippen LogP contribution in [0.4, 0.5) is 0 Å². The lowest BCUT2D eigenvalue weighted by Crippen LogP contribution is -2.66. The maximum absolute atomic E-state index is 14.2. The number of carbonyl (C=O) groups excluding carboxylic acids is 3. The minimum absolute atomic E-state index is 0.0634. The number of aliphatic carboxylic acids is 1. The fourth-order valence-electron chi connectivity index (χ4n) is 15.5. The number of ether oxygens (including phenoxy) is 1. The summed E-state index contributed by atoms with van der Waals surface area (Å²) in [5, 5.41) is 17.6. The minimum Gasteiger partial charge on any atom is -0.481 e. The maximum atomic E-state index is 14.2. The lowest BCUT2D eigenvalue weighted by Gasteiger charge is -2.72. The van der Waals surface area contributed by atoms with Crippen molar-refractivity contribution in [3.05, 3.63) is 53.2 Å². The third kappa shape index (κ3) is 6.90. The molecule has 0 unspecified atom stereocenters. The summed E-state index contributed by atoms with van der Waals surface area (Å²) in [6.07, 6.45) is 10.2. The average Bonchev–Trinajstić information content (AvgIpc) is 3.49. The SMILES string of the molecule is CC(C)C1=C2[C@H]3CC[C@@H]4[C@@]5(C)CC[C@H](OC(=O)[C@H]6C[C@@H](C(=O)O)C6(C)C)C(C)(C)[C@@H]5CC[C@@]4(C)[C@]3(C)CC[C@@]2(CCNCC(C)(C)NC(=O)c2ccc3ccccc3n2)CC1=O. The van der Waals surface area contributed by atoms with Crippen LogP contribution in [0, 0.1) is 68.0 Å². The topological polar surface area (TPSA) is 135 Å². The van der Waals surface area contributed by atoms with Gasteiger partial charge in [-0.3, -0.25) is 19.2 Å². The number of pyridine rings is 1. The summed E-state index contributed by atoms with van der Waals surface area (Å²) in [5.41, 5.74) is 2.66. The Morgan fingerprint density at radius 1 is 0.855 bits per heavy atom. The summed E-state index contributed by atoms with van der Waals surface area (Å²) in [7, 11) is 0. The van der Waals surface area contributed by atoms with E-state index in [4.69, 9.17) is 4.74 Å². The van der Waals surface area contributed by atoms with Gasteiger partial charge in [-0.15, -0.1) is 0 Å². The van der Waals surface area contributed by atoms with E-state index in [1.54, 1.807) is 6.07 Å². The summed E-state index contributed by atoms with van der Waals surface area (Å²) in [6, 6.07) is 11.6. The van der Waals surface area contributed by atoms with Crippen molar-refractivity contribution in [3.8, 4) is 0 Å². The number of amides is 1. The fraction of sp³-hybridized carbons (Fsp3) is 0.717. The Morgan fingerprint density at radius 3 is 2.27 bits per heavy atom. The smallest absolute Gasteiger partial charge is 0.309 e. The van der Waals surface area contributed by atoms with Crippen molar-refractivity contribution in [1.82, 2.24) is 15.6 Å². The molecule has 9 heteroatoms. The molecule has 6 aliphatic rings. The van der Waals surface area contributed by atoms with Gasteiger partial charge >= 0.3 is 11.9 Å². The molecule has 2 aromatic rings. The van der Waals surface area contributed by atoms with Gasteiger partial charge in [0.2, 0.25) is 0 Å². The van der Waals surface area contributed by atoms with Crippen LogP contribution in [0.1, 0.15) is 157 Å². The van der Waals surface area contributed by atoms with Crippen molar-refractivity contribution in [2.75, 3.05) is 13.1 Å². The van der Waals surface area contributed by atoms with Gasteiger partial charge in [-0.1, -0.05) is 92.2 Å². The number of nitrogens with zero attached hydrogens (tertiary/aromatic N) is 1. The first-order chi connectivity index (χ1) is 28.9. The number of para-hydroxylation sites is 1. The standard InChI is InChI=1S/C53H75N3O6/c1-31(2)42-38(57)29-53(26-27-54-30-47(3,4)56-44(58)37-18-16-32-14-12-13-15-36(32)55-37)25-24-51(10)33(43(42)53)17-19-40-50(9)22-21-41(49(7,8)39(50)20-23-52(40,51)11)62-46(61)35-28-34(45(59)60)48(35,5)6/h12-16,18,31,33-35,39-41,54H,17,19-30H2,1-11H3,(H,56,58)(H,59,60)/t33-,34+,35-,39+,40-,41+,50+,51-,52-,53-/m1/s1. The second-order valence-electron chi connectivity index (χ2n) is 23.9. The number of carboxylic acids is 1. The van der Waals surface area contributed by atoms with Crippen LogP contribution in [0.3, 0.4) is 0 Å². The van der Waals surface area contributed by atoms with Gasteiger partial charge in [0, 0.05) is 34.7 Å². The number of aromatic nitrogens is 1. The van der Waals surface area contributed by atoms with E-state index < -0.39 is 22.8 Å². The lowest BCUT2D eigenvalue weighted by atomic mass is 9.33. The molecular weight excluding hydrogens is 775 g/mol. The molecule has 1 aromatic carbocycles. The van der Waals surface area contributed by atoms with E-state index in [1.165, 1.54) is 5.57 Å². The van der Waals surface area contributed by atoms with Crippen LogP contribution in [-0.4, -0.2) is 58.5 Å². The number of nitrogens with one attached hydrogen (secondary N) is 2. The number of allylic oxidation sites excluding steroid dienone is 2. The maximum Gasteiger partial charge on any atom is 0.309 e. The number of carbonyl (C=O) groups is 4. The summed E-state index contributed by atoms with van der Waals surface area (Å²) in [5.74, 6) is -0.251. The van der Waals surface area contributed by atoms with Crippen LogP contribution in [0.15, 0.2) is 47.5 Å². The van der Waals surface area contributed by atoms with Gasteiger partial charge < -0.3 is 20.5 Å². The monoisotopic (exact) mass is 850 g/mol. The quantitative estimate of drug-likeness (QED) is 0.150. The lowest BCUT2D eigenvalue weighted by molar-refractivity contribution is -0.236. The molecule has 5 saturated carbocycles. The predicted octanol–water partition coefficient (Wildman–Crippen LogP) is 10.4. The molecule has 338 valence electrons. The molecule has 0 saturated heterocycles. The number of Topliss-reactive ketones (excluding diaryl/α,β-unsaturated/α-hetero) is 1. The highest BCUT2D eigenvalue weighted by atomic mass is 16.5. The third-order valence-electron chi connectivity index (χ3n) is 19.3. The van der Waals surface area contributed by atoms with Crippen LogP contribution in [0.5, 0.6) is 0 Å². The van der Waals surface area contributed by atoms with Crippen molar-refractivity contribution < 1.29 is 29.0 Å².